The second-order valence-electron chi connectivity index (χ2n) is 10.2. The highest BCUT2D eigenvalue weighted by atomic mass is 32.2. The van der Waals surface area contributed by atoms with Crippen LogP contribution in [0.1, 0.15) is 68.6 Å². The van der Waals surface area contributed by atoms with Crippen molar-refractivity contribution in [1.82, 2.24) is 4.90 Å². The maximum absolute atomic E-state index is 12.9. The van der Waals surface area contributed by atoms with Gasteiger partial charge in [0.2, 0.25) is 5.91 Å². The van der Waals surface area contributed by atoms with Crippen LogP contribution in [0.2, 0.25) is 0 Å². The van der Waals surface area contributed by atoms with Crippen LogP contribution in [0.15, 0.2) is 47.4 Å². The van der Waals surface area contributed by atoms with Gasteiger partial charge in [-0.1, -0.05) is 43.5 Å². The van der Waals surface area contributed by atoms with E-state index in [0.29, 0.717) is 25.6 Å². The van der Waals surface area contributed by atoms with Gasteiger partial charge in [-0.3, -0.25) is 14.5 Å². The number of thioether (sulfide) groups is 1. The van der Waals surface area contributed by atoms with Crippen molar-refractivity contribution in [3.05, 3.63) is 59.2 Å². The second-order valence-corrected chi connectivity index (χ2v) is 11.9. The summed E-state index contributed by atoms with van der Waals surface area (Å²) < 4.78 is 4.37. The largest absolute Gasteiger partial charge is 0.480 e. The Balaban J connectivity index is 1.60. The number of carbonyl (C=O) groups excluding carboxylic acids is 1. The fourth-order valence-electron chi connectivity index (χ4n) is 4.60. The number of carboxylic acid groups (broad SMARTS) is 1. The molecule has 1 fully saturated rings. The zero-order chi connectivity index (χ0) is 26.1. The zero-order valence-corrected chi connectivity index (χ0v) is 22.8. The first-order valence-electron chi connectivity index (χ1n) is 12.8. The minimum Gasteiger partial charge on any atom is -0.480 e. The van der Waals surface area contributed by atoms with Gasteiger partial charge >= 0.3 is 5.97 Å². The highest BCUT2D eigenvalue weighted by molar-refractivity contribution is 8.01. The van der Waals surface area contributed by atoms with Gasteiger partial charge in [0, 0.05) is 30.8 Å². The average Bonchev–Trinajstić information content (AvgIpc) is 2.85. The van der Waals surface area contributed by atoms with E-state index >= 15 is 0 Å². The summed E-state index contributed by atoms with van der Waals surface area (Å²) in [6.07, 6.45) is 6.48. The van der Waals surface area contributed by atoms with Gasteiger partial charge in [-0.15, -0.1) is 11.8 Å². The number of hydrogen-bond donors (Lipinski definition) is 2. The summed E-state index contributed by atoms with van der Waals surface area (Å²) in [6.45, 7) is 7.49. The Labute approximate surface area is 219 Å². The summed E-state index contributed by atoms with van der Waals surface area (Å²) in [6, 6.07) is 14.3. The van der Waals surface area contributed by atoms with Crippen LogP contribution in [-0.2, 0) is 20.9 Å². The van der Waals surface area contributed by atoms with Gasteiger partial charge in [-0.05, 0) is 74.4 Å². The van der Waals surface area contributed by atoms with Gasteiger partial charge in [0.1, 0.15) is 4.75 Å². The van der Waals surface area contributed by atoms with Crippen molar-refractivity contribution < 1.29 is 19.4 Å². The lowest BCUT2D eigenvalue weighted by Gasteiger charge is -2.24. The van der Waals surface area contributed by atoms with E-state index in [-0.39, 0.29) is 12.5 Å². The molecule has 2 aromatic carbocycles. The lowest BCUT2D eigenvalue weighted by molar-refractivity contribution is -0.138. The molecule has 0 atom stereocenters. The molecule has 6 nitrogen and oxygen atoms in total. The topological polar surface area (TPSA) is 78.9 Å². The molecule has 0 spiro atoms. The molecule has 196 valence electrons. The molecular formula is C29H40N2O4S. The number of methoxy groups -OCH3 is 1. The average molecular weight is 513 g/mol. The summed E-state index contributed by atoms with van der Waals surface area (Å²) in [4.78, 5) is 27.3. The molecule has 0 aromatic heterocycles. The lowest BCUT2D eigenvalue weighted by Crippen LogP contribution is -2.35. The van der Waals surface area contributed by atoms with Crippen LogP contribution in [0.25, 0.3) is 0 Å². The van der Waals surface area contributed by atoms with Crippen molar-refractivity contribution >= 4 is 29.3 Å². The van der Waals surface area contributed by atoms with Crippen LogP contribution in [0.3, 0.4) is 0 Å². The zero-order valence-electron chi connectivity index (χ0n) is 22.0. The molecular weight excluding hydrogens is 472 g/mol. The Morgan fingerprint density at radius 1 is 1.11 bits per heavy atom. The molecule has 0 aliphatic heterocycles. The third-order valence-corrected chi connectivity index (χ3v) is 7.99. The monoisotopic (exact) mass is 512 g/mol. The molecule has 0 saturated heterocycles. The lowest BCUT2D eigenvalue weighted by atomic mass is 9.83. The van der Waals surface area contributed by atoms with Crippen LogP contribution < -0.4 is 5.32 Å². The normalized spacial score (nSPS) is 14.7. The second kappa shape index (κ2) is 13.3. The van der Waals surface area contributed by atoms with Gasteiger partial charge < -0.3 is 15.2 Å². The van der Waals surface area contributed by atoms with Crippen LogP contribution in [0.5, 0.6) is 0 Å². The number of anilines is 1. The Morgan fingerprint density at radius 3 is 2.42 bits per heavy atom. The van der Waals surface area contributed by atoms with E-state index in [4.69, 9.17) is 4.74 Å². The maximum Gasteiger partial charge on any atom is 0.319 e. The number of aryl methyl sites for hydroxylation is 1. The van der Waals surface area contributed by atoms with Gasteiger partial charge in [-0.2, -0.15) is 0 Å². The number of nitrogens with one attached hydrogen (secondary N) is 1. The minimum atomic E-state index is -0.892. The van der Waals surface area contributed by atoms with Crippen molar-refractivity contribution in [3.8, 4) is 0 Å². The van der Waals surface area contributed by atoms with Gasteiger partial charge in [0.25, 0.3) is 0 Å². The van der Waals surface area contributed by atoms with Gasteiger partial charge in [-0.25, -0.2) is 0 Å². The molecule has 7 heteroatoms. The number of hydrogen-bond acceptors (Lipinski definition) is 5. The number of rotatable bonds is 12. The predicted molar refractivity (Wildman–Crippen MR) is 147 cm³/mol. The third kappa shape index (κ3) is 8.36. The molecule has 0 radical (unpaired) electrons. The summed E-state index contributed by atoms with van der Waals surface area (Å²) in [5, 5.41) is 12.5. The van der Waals surface area contributed by atoms with Crippen LogP contribution in [-0.4, -0.2) is 53.4 Å². The smallest absolute Gasteiger partial charge is 0.319 e. The van der Waals surface area contributed by atoms with E-state index in [2.05, 4.69) is 29.3 Å². The SMILES string of the molecule is COCCN(CC(=O)Nc1ccc(C2CCCCC2)cc1C)Cc1ccc(SC(C)(C)C(=O)O)cc1. The molecule has 1 aliphatic carbocycles. The number of amides is 1. The molecule has 0 heterocycles. The molecule has 1 aliphatic rings. The molecule has 1 amide bonds. The quantitative estimate of drug-likeness (QED) is 0.335. The van der Waals surface area contributed by atoms with Crippen molar-refractivity contribution in [2.75, 3.05) is 32.1 Å². The first kappa shape index (κ1) is 28.2. The molecule has 36 heavy (non-hydrogen) atoms. The van der Waals surface area contributed by atoms with E-state index in [1.807, 2.05) is 30.3 Å². The van der Waals surface area contributed by atoms with E-state index in [1.165, 1.54) is 49.4 Å². The van der Waals surface area contributed by atoms with Crippen molar-refractivity contribution in [1.29, 1.82) is 0 Å². The third-order valence-electron chi connectivity index (χ3n) is 6.80. The van der Waals surface area contributed by atoms with Gasteiger partial charge in [0.05, 0.1) is 13.2 Å². The molecule has 0 unspecified atom stereocenters. The Morgan fingerprint density at radius 2 is 1.81 bits per heavy atom. The number of carboxylic acids is 1. The summed E-state index contributed by atoms with van der Waals surface area (Å²) in [5.74, 6) is -0.242. The fourth-order valence-corrected chi connectivity index (χ4v) is 5.55. The number of nitrogens with zero attached hydrogens (tertiary/aromatic N) is 1. The molecule has 2 N–H and O–H groups in total. The van der Waals surface area contributed by atoms with Crippen LogP contribution in [0, 0.1) is 6.92 Å². The summed E-state index contributed by atoms with van der Waals surface area (Å²) in [5.41, 5.74) is 4.42. The standard InChI is InChI=1S/C29H40N2O4S/c1-21-18-24(23-8-6-5-7-9-23)12-15-26(21)30-27(32)20-31(16-17-35-4)19-22-10-13-25(14-11-22)36-29(2,3)28(33)34/h10-15,18,23H,5-9,16-17,19-20H2,1-4H3,(H,30,32)(H,33,34). The molecule has 0 bridgehead atoms. The highest BCUT2D eigenvalue weighted by Gasteiger charge is 2.28. The van der Waals surface area contributed by atoms with Gasteiger partial charge in [0.15, 0.2) is 0 Å². The van der Waals surface area contributed by atoms with Crippen LogP contribution >= 0.6 is 11.8 Å². The van der Waals surface area contributed by atoms with Crippen LogP contribution in [0.4, 0.5) is 5.69 Å². The first-order valence-corrected chi connectivity index (χ1v) is 13.6. The number of aliphatic carboxylic acids is 1. The number of benzene rings is 2. The van der Waals surface area contributed by atoms with E-state index in [1.54, 1.807) is 21.0 Å². The van der Waals surface area contributed by atoms with Crippen molar-refractivity contribution in [2.45, 2.75) is 75.0 Å². The molecule has 3 rings (SSSR count). The Hall–Kier alpha value is -2.35. The highest BCUT2D eigenvalue weighted by Crippen LogP contribution is 2.34. The molecule has 2 aromatic rings. The minimum absolute atomic E-state index is 0.0463. The van der Waals surface area contributed by atoms with E-state index in [9.17, 15) is 14.7 Å². The summed E-state index contributed by atoms with van der Waals surface area (Å²) in [7, 11) is 1.66. The predicted octanol–water partition coefficient (Wildman–Crippen LogP) is 6.09. The van der Waals surface area contributed by atoms with Crippen molar-refractivity contribution in [3.63, 3.8) is 0 Å². The number of carbonyl (C=O) groups is 2. The Kier molecular flexibility index (Phi) is 10.4. The first-order chi connectivity index (χ1) is 17.2. The molecule has 1 saturated carbocycles. The van der Waals surface area contributed by atoms with Crippen molar-refractivity contribution in [2.24, 2.45) is 0 Å². The summed E-state index contributed by atoms with van der Waals surface area (Å²) >= 11 is 1.32. The van der Waals surface area contributed by atoms with E-state index in [0.717, 1.165) is 21.7 Å². The Bertz CT molecular complexity index is 1020. The number of ether oxygens (including phenoxy) is 1. The fraction of sp³-hybridized carbons (Fsp3) is 0.517. The maximum atomic E-state index is 12.9. The van der Waals surface area contributed by atoms with E-state index < -0.39 is 10.7 Å².